The van der Waals surface area contributed by atoms with Crippen molar-refractivity contribution in [3.8, 4) is 0 Å². The molecule has 2 aromatic rings. The maximum Gasteiger partial charge on any atom is 0.233 e. The van der Waals surface area contributed by atoms with Crippen LogP contribution < -0.4 is 10.6 Å². The van der Waals surface area contributed by atoms with E-state index in [-0.39, 0.29) is 16.9 Å². The Kier molecular flexibility index (Phi) is 6.97. The first-order valence-corrected chi connectivity index (χ1v) is 9.10. The predicted octanol–water partition coefficient (Wildman–Crippen LogP) is 5.16. The number of hydrogen-bond acceptors (Lipinski definition) is 2. The van der Waals surface area contributed by atoms with Gasteiger partial charge in [-0.25, -0.2) is 0 Å². The summed E-state index contributed by atoms with van der Waals surface area (Å²) in [6.45, 7) is 6.26. The fourth-order valence-electron chi connectivity index (χ4n) is 2.48. The number of thiocarbonyl (C=S) groups is 1. The number of nitrogens with one attached hydrogen (secondary N) is 2. The lowest BCUT2D eigenvalue weighted by molar-refractivity contribution is -0.120. The maximum atomic E-state index is 12.4. The van der Waals surface area contributed by atoms with Crippen molar-refractivity contribution in [3.63, 3.8) is 0 Å². The molecule has 0 saturated carbocycles. The Hall–Kier alpha value is -1.91. The van der Waals surface area contributed by atoms with Gasteiger partial charge in [0.1, 0.15) is 0 Å². The molecule has 0 spiro atoms. The van der Waals surface area contributed by atoms with Gasteiger partial charge in [-0.15, -0.1) is 0 Å². The largest absolute Gasteiger partial charge is 0.332 e. The van der Waals surface area contributed by atoms with Gasteiger partial charge in [0.15, 0.2) is 5.11 Å². The molecule has 2 aromatic carbocycles. The summed E-state index contributed by atoms with van der Waals surface area (Å²) < 4.78 is 0. The summed E-state index contributed by atoms with van der Waals surface area (Å²) in [6.07, 6.45) is 1.04. The molecule has 0 radical (unpaired) electrons. The zero-order chi connectivity index (χ0) is 18.4. The van der Waals surface area contributed by atoms with Crippen molar-refractivity contribution < 1.29 is 4.79 Å². The quantitative estimate of drug-likeness (QED) is 0.710. The first-order valence-electron chi connectivity index (χ1n) is 8.31. The van der Waals surface area contributed by atoms with Crippen LogP contribution >= 0.6 is 23.8 Å². The first-order chi connectivity index (χ1) is 11.8. The normalized spacial score (nSPS) is 11.9. The van der Waals surface area contributed by atoms with Crippen LogP contribution in [0.2, 0.25) is 5.02 Å². The number of rotatable bonds is 5. The number of carbonyl (C=O) groups is 1. The molecule has 1 unspecified atom stereocenters. The molecule has 0 aliphatic rings. The van der Waals surface area contributed by atoms with Crippen molar-refractivity contribution in [1.82, 2.24) is 5.32 Å². The van der Waals surface area contributed by atoms with E-state index < -0.39 is 0 Å². The molecule has 1 atom stereocenters. The van der Waals surface area contributed by atoms with Crippen LogP contribution in [0.3, 0.4) is 0 Å². The molecular weight excluding hydrogens is 352 g/mol. The number of halogens is 1. The average molecular weight is 375 g/mol. The lowest BCUT2D eigenvalue weighted by atomic mass is 9.96. The van der Waals surface area contributed by atoms with Crippen molar-refractivity contribution in [2.45, 2.75) is 33.1 Å². The maximum absolute atomic E-state index is 12.4. The van der Waals surface area contributed by atoms with Crippen LogP contribution in [0.1, 0.15) is 37.8 Å². The van der Waals surface area contributed by atoms with Crippen molar-refractivity contribution in [1.29, 1.82) is 0 Å². The predicted molar refractivity (Wildman–Crippen MR) is 109 cm³/mol. The van der Waals surface area contributed by atoms with Crippen LogP contribution in [0.5, 0.6) is 0 Å². The highest BCUT2D eigenvalue weighted by atomic mass is 35.5. The Morgan fingerprint density at radius 2 is 1.64 bits per heavy atom. The van der Waals surface area contributed by atoms with E-state index in [2.05, 4.69) is 36.6 Å². The van der Waals surface area contributed by atoms with E-state index in [1.807, 2.05) is 19.1 Å². The zero-order valence-electron chi connectivity index (χ0n) is 14.7. The summed E-state index contributed by atoms with van der Waals surface area (Å²) >= 11 is 11.1. The van der Waals surface area contributed by atoms with Crippen LogP contribution in [0.25, 0.3) is 0 Å². The van der Waals surface area contributed by atoms with Crippen LogP contribution in [0, 0.1) is 5.92 Å². The smallest absolute Gasteiger partial charge is 0.233 e. The molecule has 1 amide bonds. The molecule has 0 bridgehead atoms. The molecule has 0 heterocycles. The molecule has 132 valence electrons. The molecule has 5 heteroatoms. The minimum Gasteiger partial charge on any atom is -0.332 e. The first kappa shape index (κ1) is 19.4. The third-order valence-electron chi connectivity index (χ3n) is 3.86. The summed E-state index contributed by atoms with van der Waals surface area (Å²) in [5.74, 6) is 0.198. The highest BCUT2D eigenvalue weighted by Gasteiger charge is 2.16. The number of benzene rings is 2. The van der Waals surface area contributed by atoms with Crippen LogP contribution in [-0.4, -0.2) is 11.0 Å². The minimum absolute atomic E-state index is 0.136. The zero-order valence-corrected chi connectivity index (χ0v) is 16.2. The second-order valence-electron chi connectivity index (χ2n) is 6.51. The SMILES string of the molecule is CC(C)Cc1ccc(C(C)C(=O)NC(=S)Nc2ccc(Cl)cc2)cc1. The van der Waals surface area contributed by atoms with Crippen molar-refractivity contribution in [3.05, 3.63) is 64.7 Å². The highest BCUT2D eigenvalue weighted by Crippen LogP contribution is 2.18. The molecule has 0 aliphatic heterocycles. The fraction of sp³-hybridized carbons (Fsp3) is 0.300. The van der Waals surface area contributed by atoms with Gasteiger partial charge < -0.3 is 10.6 Å². The van der Waals surface area contributed by atoms with E-state index in [4.69, 9.17) is 23.8 Å². The lowest BCUT2D eigenvalue weighted by Crippen LogP contribution is -2.36. The molecule has 25 heavy (non-hydrogen) atoms. The van der Waals surface area contributed by atoms with Gasteiger partial charge in [0.2, 0.25) is 5.91 Å². The van der Waals surface area contributed by atoms with Gasteiger partial charge in [0.25, 0.3) is 0 Å². The van der Waals surface area contributed by atoms with E-state index >= 15 is 0 Å². The van der Waals surface area contributed by atoms with E-state index in [0.717, 1.165) is 17.7 Å². The fourth-order valence-corrected chi connectivity index (χ4v) is 2.83. The standard InChI is InChI=1S/C20H23ClN2OS/c1-13(2)12-15-4-6-16(7-5-15)14(3)19(24)23-20(25)22-18-10-8-17(21)9-11-18/h4-11,13-14H,12H2,1-3H3,(H2,22,23,24,25). The molecule has 0 aliphatic carbocycles. The Morgan fingerprint density at radius 3 is 2.20 bits per heavy atom. The average Bonchev–Trinajstić information content (AvgIpc) is 2.56. The summed E-state index contributed by atoms with van der Waals surface area (Å²) in [5, 5.41) is 6.64. The molecule has 0 fully saturated rings. The van der Waals surface area contributed by atoms with E-state index in [1.165, 1.54) is 5.56 Å². The van der Waals surface area contributed by atoms with E-state index in [9.17, 15) is 4.79 Å². The van der Waals surface area contributed by atoms with Crippen molar-refractivity contribution >= 4 is 40.5 Å². The lowest BCUT2D eigenvalue weighted by Gasteiger charge is -2.15. The van der Waals surface area contributed by atoms with Crippen molar-refractivity contribution in [2.24, 2.45) is 5.92 Å². The van der Waals surface area contributed by atoms with Gasteiger partial charge in [0, 0.05) is 10.7 Å². The monoisotopic (exact) mass is 374 g/mol. The second-order valence-corrected chi connectivity index (χ2v) is 7.36. The minimum atomic E-state index is -0.280. The Balaban J connectivity index is 1.92. The summed E-state index contributed by atoms with van der Waals surface area (Å²) in [6, 6.07) is 15.3. The van der Waals surface area contributed by atoms with Crippen molar-refractivity contribution in [2.75, 3.05) is 5.32 Å². The van der Waals surface area contributed by atoms with Crippen LogP contribution in [0.4, 0.5) is 5.69 Å². The number of hydrogen-bond donors (Lipinski definition) is 2. The number of anilines is 1. The summed E-state index contributed by atoms with van der Waals surface area (Å²) in [4.78, 5) is 12.4. The molecule has 0 saturated heterocycles. The van der Waals surface area contributed by atoms with Gasteiger partial charge in [-0.3, -0.25) is 4.79 Å². The molecule has 2 N–H and O–H groups in total. The van der Waals surface area contributed by atoms with Gasteiger partial charge in [0.05, 0.1) is 5.92 Å². The molecular formula is C20H23ClN2OS. The topological polar surface area (TPSA) is 41.1 Å². The van der Waals surface area contributed by atoms with Gasteiger partial charge in [-0.05, 0) is 66.9 Å². The Labute approximate surface area is 159 Å². The molecule has 2 rings (SSSR count). The Morgan fingerprint density at radius 1 is 1.04 bits per heavy atom. The number of carbonyl (C=O) groups excluding carboxylic acids is 1. The molecule has 3 nitrogen and oxygen atoms in total. The van der Waals surface area contributed by atoms with Crippen LogP contribution in [-0.2, 0) is 11.2 Å². The van der Waals surface area contributed by atoms with Gasteiger partial charge >= 0.3 is 0 Å². The third kappa shape index (κ3) is 6.15. The second kappa shape index (κ2) is 8.97. The van der Waals surface area contributed by atoms with Crippen LogP contribution in [0.15, 0.2) is 48.5 Å². The number of amides is 1. The third-order valence-corrected chi connectivity index (χ3v) is 4.31. The molecule has 0 aromatic heterocycles. The summed E-state index contributed by atoms with van der Waals surface area (Å²) in [5.41, 5.74) is 3.03. The van der Waals surface area contributed by atoms with E-state index in [1.54, 1.807) is 24.3 Å². The van der Waals surface area contributed by atoms with Gasteiger partial charge in [-0.1, -0.05) is 49.7 Å². The van der Waals surface area contributed by atoms with Gasteiger partial charge in [-0.2, -0.15) is 0 Å². The Bertz CT molecular complexity index is 726. The highest BCUT2D eigenvalue weighted by molar-refractivity contribution is 7.80. The summed E-state index contributed by atoms with van der Waals surface area (Å²) in [7, 11) is 0. The van der Waals surface area contributed by atoms with E-state index in [0.29, 0.717) is 10.9 Å².